The molecule has 0 saturated heterocycles. The Kier molecular flexibility index (Phi) is 5.39. The van der Waals surface area contributed by atoms with Crippen LogP contribution in [0.4, 0.5) is 0 Å². The van der Waals surface area contributed by atoms with Crippen molar-refractivity contribution >= 4 is 0 Å². The van der Waals surface area contributed by atoms with Gasteiger partial charge in [-0.05, 0) is 36.7 Å². The number of hydrogen-bond acceptors (Lipinski definition) is 3. The van der Waals surface area contributed by atoms with E-state index in [1.165, 1.54) is 0 Å². The maximum absolute atomic E-state index is 6.01. The minimum absolute atomic E-state index is 0.288. The van der Waals surface area contributed by atoms with Crippen LogP contribution in [0.2, 0.25) is 0 Å². The van der Waals surface area contributed by atoms with Gasteiger partial charge in [-0.3, -0.25) is 0 Å². The van der Waals surface area contributed by atoms with Crippen LogP contribution in [0, 0.1) is 0 Å². The zero-order valence-electron chi connectivity index (χ0n) is 12.5. The highest BCUT2D eigenvalue weighted by molar-refractivity contribution is 5.58. The molecule has 0 aliphatic carbocycles. The summed E-state index contributed by atoms with van der Waals surface area (Å²) in [6.07, 6.45) is 1.02. The first-order chi connectivity index (χ1) is 9.78. The summed E-state index contributed by atoms with van der Waals surface area (Å²) in [5.41, 5.74) is 2.25. The van der Waals surface area contributed by atoms with Gasteiger partial charge in [0.2, 0.25) is 0 Å². The fraction of sp³-hybridized carbons (Fsp3) is 0.412. The second-order valence-corrected chi connectivity index (χ2v) is 4.85. The highest BCUT2D eigenvalue weighted by Crippen LogP contribution is 2.27. The second-order valence-electron chi connectivity index (χ2n) is 4.85. The lowest BCUT2D eigenvalue weighted by Crippen LogP contribution is -2.19. The summed E-state index contributed by atoms with van der Waals surface area (Å²) in [6, 6.07) is 12.7. The van der Waals surface area contributed by atoms with E-state index in [0.29, 0.717) is 6.61 Å². The molecule has 1 aromatic heterocycles. The van der Waals surface area contributed by atoms with E-state index in [-0.39, 0.29) is 6.04 Å². The molecule has 0 spiro atoms. The summed E-state index contributed by atoms with van der Waals surface area (Å²) < 4.78 is 11.2. The molecule has 20 heavy (non-hydrogen) atoms. The van der Waals surface area contributed by atoms with Gasteiger partial charge in [0.15, 0.2) is 0 Å². The average Bonchev–Trinajstić information content (AvgIpc) is 2.95. The molecule has 0 fully saturated rings. The molecule has 1 aromatic carbocycles. The lowest BCUT2D eigenvalue weighted by atomic mass is 10.1. The third-order valence-electron chi connectivity index (χ3n) is 3.35. The van der Waals surface area contributed by atoms with Crippen molar-refractivity contribution in [2.24, 2.45) is 0 Å². The Morgan fingerprint density at radius 3 is 2.75 bits per heavy atom. The first kappa shape index (κ1) is 14.8. The maximum Gasteiger partial charge on any atom is 0.134 e. The van der Waals surface area contributed by atoms with E-state index < -0.39 is 0 Å². The van der Waals surface area contributed by atoms with Crippen molar-refractivity contribution in [1.82, 2.24) is 5.32 Å². The zero-order chi connectivity index (χ0) is 14.4. The monoisotopic (exact) mass is 273 g/mol. The Balaban J connectivity index is 2.21. The molecule has 2 rings (SSSR count). The van der Waals surface area contributed by atoms with E-state index in [1.54, 1.807) is 7.11 Å². The van der Waals surface area contributed by atoms with Crippen LogP contribution in [0.25, 0.3) is 11.3 Å². The van der Waals surface area contributed by atoms with E-state index in [1.807, 2.05) is 12.1 Å². The second kappa shape index (κ2) is 7.27. The molecule has 3 nitrogen and oxygen atoms in total. The van der Waals surface area contributed by atoms with E-state index in [9.17, 15) is 0 Å². The quantitative estimate of drug-likeness (QED) is 0.822. The Hall–Kier alpha value is -1.58. The summed E-state index contributed by atoms with van der Waals surface area (Å²) >= 11 is 0. The van der Waals surface area contributed by atoms with Gasteiger partial charge in [0.05, 0.1) is 12.6 Å². The largest absolute Gasteiger partial charge is 0.459 e. The fourth-order valence-corrected chi connectivity index (χ4v) is 2.37. The third-order valence-corrected chi connectivity index (χ3v) is 3.35. The summed E-state index contributed by atoms with van der Waals surface area (Å²) in [5.74, 6) is 1.91. The maximum atomic E-state index is 6.01. The van der Waals surface area contributed by atoms with Crippen LogP contribution in [-0.2, 0) is 11.3 Å². The molecule has 1 atom stereocenters. The van der Waals surface area contributed by atoms with E-state index in [2.05, 4.69) is 43.4 Å². The number of nitrogens with one attached hydrogen (secondary N) is 1. The van der Waals surface area contributed by atoms with E-state index in [0.717, 1.165) is 35.6 Å². The van der Waals surface area contributed by atoms with Crippen molar-refractivity contribution in [1.29, 1.82) is 0 Å². The SMILES string of the molecule is CCNC(CC)c1ccc(-c2cccc(COC)c2)o1. The van der Waals surface area contributed by atoms with Gasteiger partial charge in [-0.1, -0.05) is 32.0 Å². The van der Waals surface area contributed by atoms with E-state index >= 15 is 0 Å². The minimum atomic E-state index is 0.288. The molecule has 1 N–H and O–H groups in total. The zero-order valence-corrected chi connectivity index (χ0v) is 12.5. The molecular weight excluding hydrogens is 250 g/mol. The number of ether oxygens (including phenoxy) is 1. The van der Waals surface area contributed by atoms with Crippen LogP contribution < -0.4 is 5.32 Å². The Labute approximate surface area is 121 Å². The molecule has 1 heterocycles. The number of methoxy groups -OCH3 is 1. The number of rotatable bonds is 7. The van der Waals surface area contributed by atoms with Crippen molar-refractivity contribution < 1.29 is 9.15 Å². The average molecular weight is 273 g/mol. The van der Waals surface area contributed by atoms with Gasteiger partial charge in [0, 0.05) is 12.7 Å². The topological polar surface area (TPSA) is 34.4 Å². The highest BCUT2D eigenvalue weighted by atomic mass is 16.5. The summed E-state index contributed by atoms with van der Waals surface area (Å²) in [5, 5.41) is 3.43. The fourth-order valence-electron chi connectivity index (χ4n) is 2.37. The summed E-state index contributed by atoms with van der Waals surface area (Å²) in [7, 11) is 1.71. The van der Waals surface area contributed by atoms with Crippen LogP contribution in [0.3, 0.4) is 0 Å². The molecule has 2 aromatic rings. The Morgan fingerprint density at radius 2 is 2.05 bits per heavy atom. The molecule has 0 aliphatic heterocycles. The predicted molar refractivity (Wildman–Crippen MR) is 81.6 cm³/mol. The lowest BCUT2D eigenvalue weighted by molar-refractivity contribution is 0.185. The third kappa shape index (κ3) is 3.50. The number of furan rings is 1. The Morgan fingerprint density at radius 1 is 1.20 bits per heavy atom. The molecule has 0 bridgehead atoms. The van der Waals surface area contributed by atoms with Crippen LogP contribution >= 0.6 is 0 Å². The van der Waals surface area contributed by atoms with Crippen molar-refractivity contribution in [3.05, 3.63) is 47.7 Å². The van der Waals surface area contributed by atoms with E-state index in [4.69, 9.17) is 9.15 Å². The van der Waals surface area contributed by atoms with Gasteiger partial charge in [0.1, 0.15) is 11.5 Å². The van der Waals surface area contributed by atoms with Gasteiger partial charge in [-0.25, -0.2) is 0 Å². The first-order valence-electron chi connectivity index (χ1n) is 7.19. The van der Waals surface area contributed by atoms with Crippen LogP contribution in [0.15, 0.2) is 40.8 Å². The molecule has 3 heteroatoms. The van der Waals surface area contributed by atoms with Crippen LogP contribution in [0.1, 0.15) is 37.6 Å². The molecular formula is C17H23NO2. The van der Waals surface area contributed by atoms with Crippen molar-refractivity contribution in [3.8, 4) is 11.3 Å². The normalized spacial score (nSPS) is 12.6. The molecule has 1 unspecified atom stereocenters. The minimum Gasteiger partial charge on any atom is -0.459 e. The smallest absolute Gasteiger partial charge is 0.134 e. The number of benzene rings is 1. The van der Waals surface area contributed by atoms with Crippen LogP contribution in [0.5, 0.6) is 0 Å². The Bertz CT molecular complexity index is 533. The van der Waals surface area contributed by atoms with Crippen molar-refractivity contribution in [2.45, 2.75) is 32.9 Å². The molecule has 0 saturated carbocycles. The summed E-state index contributed by atoms with van der Waals surface area (Å²) in [4.78, 5) is 0. The van der Waals surface area contributed by atoms with Gasteiger partial charge in [-0.15, -0.1) is 0 Å². The van der Waals surface area contributed by atoms with Crippen molar-refractivity contribution in [2.75, 3.05) is 13.7 Å². The molecule has 0 radical (unpaired) electrons. The molecule has 108 valence electrons. The van der Waals surface area contributed by atoms with Crippen LogP contribution in [-0.4, -0.2) is 13.7 Å². The number of hydrogen-bond donors (Lipinski definition) is 1. The van der Waals surface area contributed by atoms with Gasteiger partial charge >= 0.3 is 0 Å². The first-order valence-corrected chi connectivity index (χ1v) is 7.19. The standard InChI is InChI=1S/C17H23NO2/c1-4-15(18-5-2)17-10-9-16(20-17)14-8-6-7-13(11-14)12-19-3/h6-11,15,18H,4-5,12H2,1-3H3. The molecule has 0 amide bonds. The lowest BCUT2D eigenvalue weighted by Gasteiger charge is -2.12. The molecule has 0 aliphatic rings. The van der Waals surface area contributed by atoms with Gasteiger partial charge in [0.25, 0.3) is 0 Å². The van der Waals surface area contributed by atoms with Crippen molar-refractivity contribution in [3.63, 3.8) is 0 Å². The summed E-state index contributed by atoms with van der Waals surface area (Å²) in [6.45, 7) is 5.84. The predicted octanol–water partition coefficient (Wildman–Crippen LogP) is 4.15. The van der Waals surface area contributed by atoms with Gasteiger partial charge < -0.3 is 14.5 Å². The highest BCUT2D eigenvalue weighted by Gasteiger charge is 2.13. The van der Waals surface area contributed by atoms with Gasteiger partial charge in [-0.2, -0.15) is 0 Å².